The molecule has 0 spiro atoms. The van der Waals surface area contributed by atoms with E-state index in [1.807, 2.05) is 0 Å². The molecular weight excluding hydrogens is 212 g/mol. The van der Waals surface area contributed by atoms with Crippen LogP contribution in [0.1, 0.15) is 6.42 Å². The van der Waals surface area contributed by atoms with Crippen LogP contribution >= 0.6 is 0 Å². The number of carboxylic acids is 1. The van der Waals surface area contributed by atoms with E-state index in [1.165, 1.54) is 0 Å². The largest absolute Gasteiger partial charge is 0.481 e. The number of amides is 2. The van der Waals surface area contributed by atoms with Crippen LogP contribution in [0.5, 0.6) is 0 Å². The van der Waals surface area contributed by atoms with Crippen LogP contribution in [0.4, 0.5) is 4.79 Å². The van der Waals surface area contributed by atoms with Gasteiger partial charge in [0.1, 0.15) is 0 Å². The second kappa shape index (κ2) is 6.12. The number of rotatable bonds is 4. The monoisotopic (exact) mass is 228 g/mol. The summed E-state index contributed by atoms with van der Waals surface area (Å²) in [6.07, 6.45) is 1.10. The van der Waals surface area contributed by atoms with Crippen LogP contribution in [-0.4, -0.2) is 54.4 Å². The number of carbonyl (C=O) groups excluding carboxylic acids is 1. The third-order valence-electron chi connectivity index (χ3n) is 2.23. The van der Waals surface area contributed by atoms with Crippen molar-refractivity contribution in [1.29, 1.82) is 0 Å². The average Bonchev–Trinajstić information content (AvgIpc) is 2.25. The fourth-order valence-electron chi connectivity index (χ4n) is 1.49. The van der Waals surface area contributed by atoms with Gasteiger partial charge in [0.2, 0.25) is 0 Å². The number of nitrogens with zero attached hydrogens (tertiary/aromatic N) is 1. The smallest absolute Gasteiger partial charge is 0.317 e. The molecule has 2 N–H and O–H groups in total. The van der Waals surface area contributed by atoms with Crippen LogP contribution in [0.3, 0.4) is 0 Å². The third kappa shape index (κ3) is 3.90. The highest BCUT2D eigenvalue weighted by atomic mass is 16.5. The van der Waals surface area contributed by atoms with Crippen molar-refractivity contribution >= 4 is 12.0 Å². The Hall–Kier alpha value is -1.56. The predicted molar refractivity (Wildman–Crippen MR) is 57.2 cm³/mol. The molecule has 1 atom stereocenters. The van der Waals surface area contributed by atoms with Gasteiger partial charge in [0.25, 0.3) is 0 Å². The number of hydrogen-bond donors (Lipinski definition) is 2. The maximum atomic E-state index is 11.6. The van der Waals surface area contributed by atoms with Crippen molar-refractivity contribution in [2.24, 2.45) is 0 Å². The van der Waals surface area contributed by atoms with Crippen LogP contribution in [0.15, 0.2) is 12.7 Å². The molecule has 0 aromatic rings. The standard InChI is InChI=1S/C10H16N2O4/c1-2-3-11-10(15)12-4-5-16-8(7-12)6-9(13)14/h2,8H,1,3-7H2,(H,11,15)(H,13,14). The molecule has 0 aromatic carbocycles. The minimum Gasteiger partial charge on any atom is -0.481 e. The highest BCUT2D eigenvalue weighted by molar-refractivity contribution is 5.74. The van der Waals surface area contributed by atoms with Crippen LogP contribution in [0, 0.1) is 0 Å². The van der Waals surface area contributed by atoms with Crippen molar-refractivity contribution in [2.45, 2.75) is 12.5 Å². The number of nitrogens with one attached hydrogen (secondary N) is 1. The van der Waals surface area contributed by atoms with E-state index in [0.29, 0.717) is 26.2 Å². The summed E-state index contributed by atoms with van der Waals surface area (Å²) < 4.78 is 5.25. The molecule has 6 nitrogen and oxygen atoms in total. The Labute approximate surface area is 93.9 Å². The lowest BCUT2D eigenvalue weighted by atomic mass is 10.2. The summed E-state index contributed by atoms with van der Waals surface area (Å²) in [5.41, 5.74) is 0. The first-order chi connectivity index (χ1) is 7.63. The first-order valence-electron chi connectivity index (χ1n) is 5.10. The van der Waals surface area contributed by atoms with Crippen molar-refractivity contribution < 1.29 is 19.4 Å². The average molecular weight is 228 g/mol. The second-order valence-electron chi connectivity index (χ2n) is 3.51. The summed E-state index contributed by atoms with van der Waals surface area (Å²) in [5.74, 6) is -0.918. The Morgan fingerprint density at radius 2 is 2.38 bits per heavy atom. The van der Waals surface area contributed by atoms with Crippen molar-refractivity contribution in [3.8, 4) is 0 Å². The number of morpholine rings is 1. The van der Waals surface area contributed by atoms with Gasteiger partial charge in [0.15, 0.2) is 0 Å². The molecule has 0 bridgehead atoms. The zero-order valence-electron chi connectivity index (χ0n) is 9.02. The molecule has 1 fully saturated rings. The van der Waals surface area contributed by atoms with Crippen molar-refractivity contribution in [2.75, 3.05) is 26.2 Å². The Balaban J connectivity index is 2.40. The van der Waals surface area contributed by atoms with Crippen LogP contribution in [0.25, 0.3) is 0 Å². The van der Waals surface area contributed by atoms with E-state index in [2.05, 4.69) is 11.9 Å². The quantitative estimate of drug-likeness (QED) is 0.667. The molecule has 1 rings (SSSR count). The maximum absolute atomic E-state index is 11.6. The summed E-state index contributed by atoms with van der Waals surface area (Å²) >= 11 is 0. The lowest BCUT2D eigenvalue weighted by Gasteiger charge is -2.32. The molecule has 16 heavy (non-hydrogen) atoms. The van der Waals surface area contributed by atoms with Gasteiger partial charge in [-0.1, -0.05) is 6.08 Å². The number of aliphatic carboxylic acids is 1. The Kier molecular flexibility index (Phi) is 4.78. The molecule has 1 aliphatic heterocycles. The van der Waals surface area contributed by atoms with Gasteiger partial charge in [-0.3, -0.25) is 4.79 Å². The molecule has 0 aliphatic carbocycles. The van der Waals surface area contributed by atoms with Crippen LogP contribution < -0.4 is 5.32 Å². The molecule has 0 radical (unpaired) electrons. The lowest BCUT2D eigenvalue weighted by Crippen LogP contribution is -2.50. The van der Waals surface area contributed by atoms with Gasteiger partial charge in [-0.05, 0) is 0 Å². The highest BCUT2D eigenvalue weighted by Gasteiger charge is 2.25. The van der Waals surface area contributed by atoms with Crippen molar-refractivity contribution in [3.63, 3.8) is 0 Å². The topological polar surface area (TPSA) is 78.9 Å². The van der Waals surface area contributed by atoms with E-state index in [0.717, 1.165) is 0 Å². The van der Waals surface area contributed by atoms with E-state index in [1.54, 1.807) is 11.0 Å². The van der Waals surface area contributed by atoms with E-state index < -0.39 is 12.1 Å². The minimum absolute atomic E-state index is 0.0781. The molecule has 1 heterocycles. The highest BCUT2D eigenvalue weighted by Crippen LogP contribution is 2.08. The fourth-order valence-corrected chi connectivity index (χ4v) is 1.49. The predicted octanol–water partition coefficient (Wildman–Crippen LogP) is 0.0575. The molecule has 1 aliphatic rings. The zero-order valence-corrected chi connectivity index (χ0v) is 9.02. The summed E-state index contributed by atoms with van der Waals surface area (Å²) in [5, 5.41) is 11.3. The Bertz CT molecular complexity index is 280. The van der Waals surface area contributed by atoms with E-state index in [9.17, 15) is 9.59 Å². The number of hydrogen-bond acceptors (Lipinski definition) is 3. The Morgan fingerprint density at radius 1 is 1.62 bits per heavy atom. The van der Waals surface area contributed by atoms with Crippen LogP contribution in [0.2, 0.25) is 0 Å². The molecule has 1 saturated heterocycles. The molecule has 2 amide bonds. The van der Waals surface area contributed by atoms with E-state index >= 15 is 0 Å². The van der Waals surface area contributed by atoms with E-state index in [4.69, 9.17) is 9.84 Å². The van der Waals surface area contributed by atoms with Gasteiger partial charge < -0.3 is 20.1 Å². The number of carboxylic acid groups (broad SMARTS) is 1. The van der Waals surface area contributed by atoms with Gasteiger partial charge in [0.05, 0.1) is 19.1 Å². The summed E-state index contributed by atoms with van der Waals surface area (Å²) in [6, 6.07) is -0.210. The molecular formula is C10H16N2O4. The lowest BCUT2D eigenvalue weighted by molar-refractivity contribution is -0.141. The van der Waals surface area contributed by atoms with Gasteiger partial charge in [-0.25, -0.2) is 4.79 Å². The number of urea groups is 1. The van der Waals surface area contributed by atoms with Crippen molar-refractivity contribution in [3.05, 3.63) is 12.7 Å². The van der Waals surface area contributed by atoms with Gasteiger partial charge in [-0.2, -0.15) is 0 Å². The van der Waals surface area contributed by atoms with Crippen LogP contribution in [-0.2, 0) is 9.53 Å². The summed E-state index contributed by atoms with van der Waals surface area (Å²) in [6.45, 7) is 5.07. The first kappa shape index (κ1) is 12.5. The summed E-state index contributed by atoms with van der Waals surface area (Å²) in [7, 11) is 0. The van der Waals surface area contributed by atoms with Crippen molar-refractivity contribution in [1.82, 2.24) is 10.2 Å². The van der Waals surface area contributed by atoms with E-state index in [-0.39, 0.29) is 12.5 Å². The molecule has 90 valence electrons. The number of ether oxygens (including phenoxy) is 1. The molecule has 1 unspecified atom stereocenters. The zero-order chi connectivity index (χ0) is 12.0. The van der Waals surface area contributed by atoms with Gasteiger partial charge in [0, 0.05) is 19.6 Å². The third-order valence-corrected chi connectivity index (χ3v) is 2.23. The molecule has 0 aromatic heterocycles. The summed E-state index contributed by atoms with van der Waals surface area (Å²) in [4.78, 5) is 23.6. The normalized spacial score (nSPS) is 20.2. The SMILES string of the molecule is C=CCNC(=O)N1CCOC(CC(=O)O)C1. The van der Waals surface area contributed by atoms with Gasteiger partial charge >= 0.3 is 12.0 Å². The minimum atomic E-state index is -0.918. The number of carbonyl (C=O) groups is 2. The first-order valence-corrected chi connectivity index (χ1v) is 5.10. The second-order valence-corrected chi connectivity index (χ2v) is 3.51. The molecule has 0 saturated carbocycles. The fraction of sp³-hybridized carbons (Fsp3) is 0.600. The Morgan fingerprint density at radius 3 is 3.00 bits per heavy atom. The molecule has 6 heteroatoms. The maximum Gasteiger partial charge on any atom is 0.317 e. The van der Waals surface area contributed by atoms with Gasteiger partial charge in [-0.15, -0.1) is 6.58 Å².